The number of hydrogen-bond acceptors (Lipinski definition) is 5. The summed E-state index contributed by atoms with van der Waals surface area (Å²) in [6.45, 7) is 0.424. The van der Waals surface area contributed by atoms with Crippen LogP contribution in [0.2, 0.25) is 0 Å². The average Bonchev–Trinajstić information content (AvgIpc) is 2.61. The number of amides is 1. The number of methoxy groups -OCH3 is 1. The zero-order valence-corrected chi connectivity index (χ0v) is 13.3. The standard InChI is InChI=1S/C18H18N4O2/c1-24-16-8-3-2-7-14(16)22-11-17(19)21-10-15(22)12-5-4-6-13(9-12)18(20)23/h2-10H,11H2,1H3,(H2,19,21)(H2,20,23). The fraction of sp³-hybridized carbons (Fsp3) is 0.111. The molecule has 0 radical (unpaired) electrons. The van der Waals surface area contributed by atoms with Crippen LogP contribution in [0.4, 0.5) is 5.69 Å². The van der Waals surface area contributed by atoms with Gasteiger partial charge >= 0.3 is 0 Å². The van der Waals surface area contributed by atoms with Crippen molar-refractivity contribution in [2.45, 2.75) is 0 Å². The molecule has 2 aromatic rings. The van der Waals surface area contributed by atoms with Gasteiger partial charge in [-0.2, -0.15) is 0 Å². The SMILES string of the molecule is COc1ccccc1N1CC(N)=NC=C1c1cccc(C(N)=O)c1. The number of aliphatic imine (C=N–C) groups is 1. The Kier molecular flexibility index (Phi) is 4.20. The monoisotopic (exact) mass is 322 g/mol. The molecule has 1 heterocycles. The van der Waals surface area contributed by atoms with E-state index in [9.17, 15) is 4.79 Å². The lowest BCUT2D eigenvalue weighted by Gasteiger charge is -2.30. The Bertz CT molecular complexity index is 842. The summed E-state index contributed by atoms with van der Waals surface area (Å²) in [5.74, 6) is 0.750. The van der Waals surface area contributed by atoms with Crippen molar-refractivity contribution < 1.29 is 9.53 Å². The first-order valence-electron chi connectivity index (χ1n) is 7.43. The molecule has 1 aliphatic rings. The first-order valence-corrected chi connectivity index (χ1v) is 7.43. The van der Waals surface area contributed by atoms with Gasteiger partial charge in [0, 0.05) is 11.1 Å². The van der Waals surface area contributed by atoms with E-state index >= 15 is 0 Å². The lowest BCUT2D eigenvalue weighted by molar-refractivity contribution is 0.100. The van der Waals surface area contributed by atoms with Crippen LogP contribution in [0.5, 0.6) is 5.75 Å². The molecule has 6 heteroatoms. The molecule has 1 aliphatic heterocycles. The second-order valence-electron chi connectivity index (χ2n) is 5.34. The molecule has 3 rings (SSSR count). The second kappa shape index (κ2) is 6.45. The van der Waals surface area contributed by atoms with Gasteiger partial charge in [0.1, 0.15) is 11.6 Å². The maximum absolute atomic E-state index is 11.5. The van der Waals surface area contributed by atoms with E-state index in [-0.39, 0.29) is 0 Å². The average molecular weight is 322 g/mol. The number of para-hydroxylation sites is 2. The highest BCUT2D eigenvalue weighted by molar-refractivity contribution is 5.98. The van der Waals surface area contributed by atoms with Crippen molar-refractivity contribution in [3.8, 4) is 5.75 Å². The van der Waals surface area contributed by atoms with Gasteiger partial charge in [-0.3, -0.25) is 4.79 Å². The van der Waals surface area contributed by atoms with Crippen LogP contribution in [0.3, 0.4) is 0 Å². The summed E-state index contributed by atoms with van der Waals surface area (Å²) in [4.78, 5) is 17.7. The first kappa shape index (κ1) is 15.6. The van der Waals surface area contributed by atoms with Crippen LogP contribution in [0.1, 0.15) is 15.9 Å². The summed E-state index contributed by atoms with van der Waals surface area (Å²) in [6.07, 6.45) is 1.69. The van der Waals surface area contributed by atoms with Gasteiger partial charge in [-0.05, 0) is 24.3 Å². The first-order chi connectivity index (χ1) is 11.6. The van der Waals surface area contributed by atoms with Crippen LogP contribution in [0, 0.1) is 0 Å². The molecule has 6 nitrogen and oxygen atoms in total. The van der Waals surface area contributed by atoms with Crippen molar-refractivity contribution in [3.63, 3.8) is 0 Å². The van der Waals surface area contributed by atoms with Gasteiger partial charge in [-0.25, -0.2) is 4.99 Å². The van der Waals surface area contributed by atoms with Gasteiger partial charge in [0.2, 0.25) is 5.91 Å². The molecule has 0 saturated carbocycles. The minimum Gasteiger partial charge on any atom is -0.495 e. The Morgan fingerprint density at radius 2 is 2.00 bits per heavy atom. The molecular weight excluding hydrogens is 304 g/mol. The number of nitrogens with zero attached hydrogens (tertiary/aromatic N) is 2. The molecule has 0 fully saturated rings. The Labute approximate surface area is 140 Å². The minimum atomic E-state index is -0.472. The highest BCUT2D eigenvalue weighted by atomic mass is 16.5. The molecular formula is C18H18N4O2. The number of amidine groups is 1. The fourth-order valence-corrected chi connectivity index (χ4v) is 2.63. The summed E-state index contributed by atoms with van der Waals surface area (Å²) in [7, 11) is 1.62. The number of carbonyl (C=O) groups excluding carboxylic acids is 1. The zero-order chi connectivity index (χ0) is 17.1. The highest BCUT2D eigenvalue weighted by Gasteiger charge is 2.22. The Hall–Kier alpha value is -3.28. The molecule has 24 heavy (non-hydrogen) atoms. The van der Waals surface area contributed by atoms with E-state index in [1.807, 2.05) is 35.2 Å². The maximum Gasteiger partial charge on any atom is 0.248 e. The molecule has 0 aliphatic carbocycles. The van der Waals surface area contributed by atoms with Crippen LogP contribution in [-0.4, -0.2) is 25.4 Å². The number of primary amides is 1. The van der Waals surface area contributed by atoms with Crippen LogP contribution >= 0.6 is 0 Å². The highest BCUT2D eigenvalue weighted by Crippen LogP contribution is 2.34. The lowest BCUT2D eigenvalue weighted by Crippen LogP contribution is -2.35. The van der Waals surface area contributed by atoms with E-state index in [4.69, 9.17) is 16.2 Å². The summed E-state index contributed by atoms with van der Waals surface area (Å²) in [5, 5.41) is 0. The van der Waals surface area contributed by atoms with E-state index in [0.29, 0.717) is 17.9 Å². The van der Waals surface area contributed by atoms with Crippen LogP contribution in [0.25, 0.3) is 5.70 Å². The fourth-order valence-electron chi connectivity index (χ4n) is 2.63. The third kappa shape index (κ3) is 2.94. The Morgan fingerprint density at radius 3 is 2.75 bits per heavy atom. The number of rotatable bonds is 4. The van der Waals surface area contributed by atoms with Gasteiger partial charge in [-0.1, -0.05) is 24.3 Å². The topological polar surface area (TPSA) is 93.9 Å². The van der Waals surface area contributed by atoms with E-state index in [1.165, 1.54) is 0 Å². The summed E-state index contributed by atoms with van der Waals surface area (Å²) in [6, 6.07) is 14.8. The Morgan fingerprint density at radius 1 is 1.21 bits per heavy atom. The van der Waals surface area contributed by atoms with Crippen molar-refractivity contribution in [1.82, 2.24) is 0 Å². The van der Waals surface area contributed by atoms with Crippen LogP contribution < -0.4 is 21.1 Å². The predicted molar refractivity (Wildman–Crippen MR) is 94.9 cm³/mol. The van der Waals surface area contributed by atoms with Crippen LogP contribution in [-0.2, 0) is 0 Å². The predicted octanol–water partition coefficient (Wildman–Crippen LogP) is 1.97. The van der Waals surface area contributed by atoms with Crippen molar-refractivity contribution in [1.29, 1.82) is 0 Å². The normalized spacial score (nSPS) is 14.0. The second-order valence-corrected chi connectivity index (χ2v) is 5.34. The van der Waals surface area contributed by atoms with Gasteiger partial charge in [0.25, 0.3) is 0 Å². The zero-order valence-electron chi connectivity index (χ0n) is 13.3. The van der Waals surface area contributed by atoms with E-state index in [0.717, 1.165) is 22.7 Å². The lowest BCUT2D eigenvalue weighted by atomic mass is 10.1. The van der Waals surface area contributed by atoms with Crippen molar-refractivity contribution in [2.75, 3.05) is 18.6 Å². The molecule has 122 valence electrons. The molecule has 0 unspecified atom stereocenters. The largest absolute Gasteiger partial charge is 0.495 e. The van der Waals surface area contributed by atoms with E-state index in [2.05, 4.69) is 4.99 Å². The molecule has 4 N–H and O–H groups in total. The van der Waals surface area contributed by atoms with Crippen molar-refractivity contribution in [2.24, 2.45) is 16.5 Å². The number of nitrogens with two attached hydrogens (primary N) is 2. The summed E-state index contributed by atoms with van der Waals surface area (Å²) in [5.41, 5.74) is 14.3. The number of anilines is 1. The molecule has 0 aromatic heterocycles. The smallest absolute Gasteiger partial charge is 0.248 e. The van der Waals surface area contributed by atoms with Crippen molar-refractivity contribution >= 4 is 23.1 Å². The quantitative estimate of drug-likeness (QED) is 0.900. The van der Waals surface area contributed by atoms with E-state index in [1.54, 1.807) is 31.5 Å². The molecule has 0 atom stereocenters. The number of benzene rings is 2. The van der Waals surface area contributed by atoms with Gasteiger partial charge in [0.15, 0.2) is 0 Å². The molecule has 1 amide bonds. The maximum atomic E-state index is 11.5. The van der Waals surface area contributed by atoms with Gasteiger partial charge in [0.05, 0.1) is 31.2 Å². The van der Waals surface area contributed by atoms with Crippen molar-refractivity contribution in [3.05, 3.63) is 65.9 Å². The third-order valence-corrected chi connectivity index (χ3v) is 3.78. The Balaban J connectivity index is 2.09. The molecule has 2 aromatic carbocycles. The molecule has 0 spiro atoms. The van der Waals surface area contributed by atoms with Crippen LogP contribution in [0.15, 0.2) is 59.7 Å². The molecule has 0 saturated heterocycles. The molecule has 0 bridgehead atoms. The third-order valence-electron chi connectivity index (χ3n) is 3.78. The summed E-state index contributed by atoms with van der Waals surface area (Å²) < 4.78 is 5.46. The van der Waals surface area contributed by atoms with Gasteiger partial charge < -0.3 is 21.1 Å². The number of ether oxygens (including phenoxy) is 1. The van der Waals surface area contributed by atoms with E-state index < -0.39 is 5.91 Å². The summed E-state index contributed by atoms with van der Waals surface area (Å²) >= 11 is 0. The number of carbonyl (C=O) groups is 1. The van der Waals surface area contributed by atoms with Gasteiger partial charge in [-0.15, -0.1) is 0 Å². The number of hydrogen-bond donors (Lipinski definition) is 2. The minimum absolute atomic E-state index is 0.424.